The molecule has 5 heteroatoms. The lowest BCUT2D eigenvalue weighted by molar-refractivity contribution is -0.143. The van der Waals surface area contributed by atoms with E-state index in [0.717, 1.165) is 12.3 Å². The van der Waals surface area contributed by atoms with Crippen molar-refractivity contribution in [1.29, 1.82) is 0 Å². The predicted octanol–water partition coefficient (Wildman–Crippen LogP) is 1.91. The number of fused-ring (bicyclic) bond motifs is 1. The van der Waals surface area contributed by atoms with E-state index in [4.69, 9.17) is 4.74 Å². The summed E-state index contributed by atoms with van der Waals surface area (Å²) in [5.41, 5.74) is 1.40. The van der Waals surface area contributed by atoms with Crippen LogP contribution >= 0.6 is 11.8 Å². The van der Waals surface area contributed by atoms with Crippen LogP contribution in [-0.2, 0) is 9.53 Å². The Kier molecular flexibility index (Phi) is 4.01. The Balaban J connectivity index is 1.68. The molecule has 1 N–H and O–H groups in total. The number of carboxylic acids is 1. The molecule has 108 valence electrons. The molecule has 2 heterocycles. The quantitative estimate of drug-likeness (QED) is 0.919. The van der Waals surface area contributed by atoms with Crippen LogP contribution in [0, 0.1) is 5.92 Å². The zero-order valence-corrected chi connectivity index (χ0v) is 12.3. The Morgan fingerprint density at radius 3 is 3.05 bits per heavy atom. The Morgan fingerprint density at radius 2 is 2.25 bits per heavy atom. The van der Waals surface area contributed by atoms with Crippen LogP contribution in [0.4, 0.5) is 0 Å². The average molecular weight is 293 g/mol. The van der Waals surface area contributed by atoms with E-state index >= 15 is 0 Å². The van der Waals surface area contributed by atoms with Crippen molar-refractivity contribution in [1.82, 2.24) is 4.90 Å². The van der Waals surface area contributed by atoms with Crippen LogP contribution in [0.15, 0.2) is 29.2 Å². The second kappa shape index (κ2) is 5.76. The molecule has 1 fully saturated rings. The van der Waals surface area contributed by atoms with Crippen molar-refractivity contribution < 1.29 is 14.6 Å². The van der Waals surface area contributed by atoms with Crippen LogP contribution < -0.4 is 0 Å². The molecule has 0 saturated carbocycles. The van der Waals surface area contributed by atoms with E-state index < -0.39 is 11.9 Å². The number of hydrogen-bond acceptors (Lipinski definition) is 4. The minimum atomic E-state index is -0.749. The highest BCUT2D eigenvalue weighted by Crippen LogP contribution is 2.40. The number of aliphatic carboxylic acids is 1. The smallest absolute Gasteiger partial charge is 0.310 e. The fourth-order valence-electron chi connectivity index (χ4n) is 3.08. The SMILES string of the molecule is CN(CC1CSc2ccccc21)C1COCC1C(=O)O. The summed E-state index contributed by atoms with van der Waals surface area (Å²) in [6.45, 7) is 1.75. The maximum absolute atomic E-state index is 11.2. The van der Waals surface area contributed by atoms with E-state index in [1.165, 1.54) is 10.5 Å². The summed E-state index contributed by atoms with van der Waals surface area (Å²) in [6.07, 6.45) is 0. The second-order valence-corrected chi connectivity index (χ2v) is 6.60. The molecule has 2 aliphatic rings. The normalized spacial score (nSPS) is 28.8. The van der Waals surface area contributed by atoms with E-state index in [9.17, 15) is 9.90 Å². The summed E-state index contributed by atoms with van der Waals surface area (Å²) in [5, 5.41) is 9.24. The first-order valence-electron chi connectivity index (χ1n) is 6.89. The number of rotatable bonds is 4. The van der Waals surface area contributed by atoms with Crippen molar-refractivity contribution >= 4 is 17.7 Å². The maximum Gasteiger partial charge on any atom is 0.310 e. The van der Waals surface area contributed by atoms with Gasteiger partial charge in [-0.1, -0.05) is 18.2 Å². The molecule has 1 aromatic carbocycles. The Hall–Kier alpha value is -1.04. The summed E-state index contributed by atoms with van der Waals surface area (Å²) in [4.78, 5) is 14.8. The van der Waals surface area contributed by atoms with Crippen molar-refractivity contribution in [2.24, 2.45) is 5.92 Å². The number of hydrogen-bond donors (Lipinski definition) is 1. The number of carboxylic acid groups (broad SMARTS) is 1. The maximum atomic E-state index is 11.2. The average Bonchev–Trinajstić information content (AvgIpc) is 3.06. The first kappa shape index (κ1) is 13.9. The number of carbonyl (C=O) groups is 1. The van der Waals surface area contributed by atoms with Gasteiger partial charge in [0.25, 0.3) is 0 Å². The van der Waals surface area contributed by atoms with Gasteiger partial charge in [-0.25, -0.2) is 0 Å². The van der Waals surface area contributed by atoms with E-state index in [0.29, 0.717) is 19.1 Å². The lowest BCUT2D eigenvalue weighted by Crippen LogP contribution is -2.42. The third-order valence-corrected chi connectivity index (χ3v) is 5.49. The summed E-state index contributed by atoms with van der Waals surface area (Å²) in [7, 11) is 2.01. The standard InChI is InChI=1S/C15H19NO3S/c1-16(13-8-19-7-12(13)15(17)18)6-10-9-20-14-5-3-2-4-11(10)14/h2-5,10,12-13H,6-9H2,1H3,(H,17,18). The molecule has 3 unspecified atom stereocenters. The van der Waals surface area contributed by atoms with Crippen molar-refractivity contribution in [2.45, 2.75) is 16.9 Å². The zero-order valence-electron chi connectivity index (χ0n) is 11.5. The molecule has 4 nitrogen and oxygen atoms in total. The van der Waals surface area contributed by atoms with Gasteiger partial charge in [-0.2, -0.15) is 0 Å². The van der Waals surface area contributed by atoms with E-state index in [2.05, 4.69) is 29.2 Å². The number of ether oxygens (including phenoxy) is 1. The van der Waals surface area contributed by atoms with Crippen LogP contribution in [-0.4, -0.2) is 54.6 Å². The van der Waals surface area contributed by atoms with Gasteiger partial charge in [0, 0.05) is 29.2 Å². The molecule has 1 saturated heterocycles. The summed E-state index contributed by atoms with van der Waals surface area (Å²) < 4.78 is 5.36. The van der Waals surface area contributed by atoms with Gasteiger partial charge in [-0.3, -0.25) is 9.69 Å². The van der Waals surface area contributed by atoms with Gasteiger partial charge in [0.2, 0.25) is 0 Å². The lowest BCUT2D eigenvalue weighted by atomic mass is 9.98. The Labute approximate surface area is 123 Å². The van der Waals surface area contributed by atoms with Crippen LogP contribution in [0.3, 0.4) is 0 Å². The Bertz CT molecular complexity index is 508. The van der Waals surface area contributed by atoms with Crippen LogP contribution in [0.2, 0.25) is 0 Å². The molecule has 3 atom stereocenters. The monoisotopic (exact) mass is 293 g/mol. The van der Waals surface area contributed by atoms with Crippen molar-refractivity contribution in [3.05, 3.63) is 29.8 Å². The fourth-order valence-corrected chi connectivity index (χ4v) is 4.32. The molecule has 2 aliphatic heterocycles. The molecule has 0 radical (unpaired) electrons. The highest BCUT2D eigenvalue weighted by atomic mass is 32.2. The first-order valence-corrected chi connectivity index (χ1v) is 7.88. The van der Waals surface area contributed by atoms with Gasteiger partial charge in [-0.15, -0.1) is 11.8 Å². The fraction of sp³-hybridized carbons (Fsp3) is 0.533. The van der Waals surface area contributed by atoms with Crippen molar-refractivity contribution in [3.63, 3.8) is 0 Å². The lowest BCUT2D eigenvalue weighted by Gasteiger charge is -2.28. The number of likely N-dealkylation sites (N-methyl/N-ethyl adjacent to an activating group) is 1. The van der Waals surface area contributed by atoms with E-state index in [1.54, 1.807) is 0 Å². The number of nitrogens with zero attached hydrogens (tertiary/aromatic N) is 1. The minimum absolute atomic E-state index is 0.00902. The first-order chi connectivity index (χ1) is 9.66. The summed E-state index contributed by atoms with van der Waals surface area (Å²) >= 11 is 1.89. The molecule has 0 bridgehead atoms. The molecular formula is C15H19NO3S. The van der Waals surface area contributed by atoms with Gasteiger partial charge >= 0.3 is 5.97 Å². The largest absolute Gasteiger partial charge is 0.481 e. The molecule has 0 aliphatic carbocycles. The Morgan fingerprint density at radius 1 is 1.45 bits per heavy atom. The third-order valence-electron chi connectivity index (χ3n) is 4.24. The number of thioether (sulfide) groups is 1. The molecule has 3 rings (SSSR count). The van der Waals surface area contributed by atoms with Gasteiger partial charge in [0.1, 0.15) is 0 Å². The third kappa shape index (κ3) is 2.57. The second-order valence-electron chi connectivity index (χ2n) is 5.53. The van der Waals surface area contributed by atoms with Gasteiger partial charge in [-0.05, 0) is 18.7 Å². The van der Waals surface area contributed by atoms with E-state index in [-0.39, 0.29) is 6.04 Å². The van der Waals surface area contributed by atoms with Crippen LogP contribution in [0.25, 0.3) is 0 Å². The summed E-state index contributed by atoms with van der Waals surface area (Å²) in [5.74, 6) is 0.413. The number of benzene rings is 1. The van der Waals surface area contributed by atoms with Crippen molar-refractivity contribution in [3.8, 4) is 0 Å². The molecule has 0 aromatic heterocycles. The topological polar surface area (TPSA) is 49.8 Å². The molecule has 1 aromatic rings. The molecule has 0 spiro atoms. The van der Waals surface area contributed by atoms with Crippen LogP contribution in [0.5, 0.6) is 0 Å². The van der Waals surface area contributed by atoms with Gasteiger partial charge in [0.15, 0.2) is 0 Å². The molecule has 20 heavy (non-hydrogen) atoms. The van der Waals surface area contributed by atoms with Crippen LogP contribution in [0.1, 0.15) is 11.5 Å². The highest BCUT2D eigenvalue weighted by molar-refractivity contribution is 7.99. The molecule has 0 amide bonds. The van der Waals surface area contributed by atoms with Crippen molar-refractivity contribution in [2.75, 3.05) is 32.6 Å². The van der Waals surface area contributed by atoms with Gasteiger partial charge in [0.05, 0.1) is 19.1 Å². The summed E-state index contributed by atoms with van der Waals surface area (Å²) in [6, 6.07) is 8.50. The minimum Gasteiger partial charge on any atom is -0.481 e. The van der Waals surface area contributed by atoms with Gasteiger partial charge < -0.3 is 9.84 Å². The molecular weight excluding hydrogens is 274 g/mol. The predicted molar refractivity (Wildman–Crippen MR) is 78.3 cm³/mol. The van der Waals surface area contributed by atoms with E-state index in [1.807, 2.05) is 18.8 Å². The highest BCUT2D eigenvalue weighted by Gasteiger charge is 2.37. The zero-order chi connectivity index (χ0) is 14.1.